The van der Waals surface area contributed by atoms with Crippen molar-refractivity contribution in [2.24, 2.45) is 0 Å². The first-order valence-corrected chi connectivity index (χ1v) is 8.07. The van der Waals surface area contributed by atoms with E-state index in [1.54, 1.807) is 0 Å². The highest BCUT2D eigenvalue weighted by atomic mass is 16.5. The molecule has 0 amide bonds. The van der Waals surface area contributed by atoms with E-state index in [1.165, 1.54) is 0 Å². The number of aliphatic carboxylic acids is 1. The van der Waals surface area contributed by atoms with Crippen LogP contribution in [0.25, 0.3) is 0 Å². The summed E-state index contributed by atoms with van der Waals surface area (Å²) in [6.45, 7) is 7.33. The minimum Gasteiger partial charge on any atom is -0.494 e. The van der Waals surface area contributed by atoms with Gasteiger partial charge >= 0.3 is 5.97 Å². The summed E-state index contributed by atoms with van der Waals surface area (Å²) in [5.74, 6) is -0.138. The first-order valence-electron chi connectivity index (χ1n) is 8.07. The molecule has 2 rings (SSSR count). The van der Waals surface area contributed by atoms with E-state index in [0.717, 1.165) is 38.4 Å². The van der Waals surface area contributed by atoms with Gasteiger partial charge in [-0.25, -0.2) is 0 Å². The van der Waals surface area contributed by atoms with Crippen molar-refractivity contribution in [2.45, 2.75) is 13.0 Å². The maximum atomic E-state index is 11.7. The zero-order valence-electron chi connectivity index (χ0n) is 13.9. The monoisotopic (exact) mass is 322 g/mol. The molecule has 0 unspecified atom stereocenters. The van der Waals surface area contributed by atoms with Gasteiger partial charge in [-0.2, -0.15) is 0 Å². The van der Waals surface area contributed by atoms with E-state index in [-0.39, 0.29) is 0 Å². The molecular weight excluding hydrogens is 296 g/mol. The molecule has 1 aliphatic rings. The normalized spacial score (nSPS) is 17.2. The van der Waals surface area contributed by atoms with Gasteiger partial charge in [0.25, 0.3) is 0 Å². The standard InChI is InChI=1S/C17H26N2O4/c1-3-23-15-6-4-5-14(13-15)16(17(20)21)18(2)7-8-19-9-11-22-12-10-19/h4-6,13,16H,3,7-12H2,1-2H3,(H,20,21)/t16-/m1/s1. The van der Waals surface area contributed by atoms with E-state index in [2.05, 4.69) is 4.90 Å². The molecule has 1 aromatic carbocycles. The first kappa shape index (κ1) is 17.7. The summed E-state index contributed by atoms with van der Waals surface area (Å²) in [6.07, 6.45) is 0. The lowest BCUT2D eigenvalue weighted by molar-refractivity contribution is -0.143. The quantitative estimate of drug-likeness (QED) is 0.782. The first-order chi connectivity index (χ1) is 11.1. The fourth-order valence-corrected chi connectivity index (χ4v) is 2.78. The van der Waals surface area contributed by atoms with E-state index < -0.39 is 12.0 Å². The highest BCUT2D eigenvalue weighted by Crippen LogP contribution is 2.24. The number of hydrogen-bond donors (Lipinski definition) is 1. The summed E-state index contributed by atoms with van der Waals surface area (Å²) in [5.41, 5.74) is 0.743. The molecular formula is C17H26N2O4. The van der Waals surface area contributed by atoms with Gasteiger partial charge in [-0.1, -0.05) is 12.1 Å². The van der Waals surface area contributed by atoms with Gasteiger partial charge < -0.3 is 14.6 Å². The SMILES string of the molecule is CCOc1cccc([C@H](C(=O)O)N(C)CCN2CCOCC2)c1. The number of benzene rings is 1. The van der Waals surface area contributed by atoms with Crippen LogP contribution >= 0.6 is 0 Å². The third-order valence-electron chi connectivity index (χ3n) is 4.03. The van der Waals surface area contributed by atoms with Crippen LogP contribution in [-0.4, -0.2) is 73.9 Å². The van der Waals surface area contributed by atoms with Gasteiger partial charge in [0, 0.05) is 26.2 Å². The second-order valence-electron chi connectivity index (χ2n) is 5.68. The van der Waals surface area contributed by atoms with Crippen molar-refractivity contribution >= 4 is 5.97 Å². The average Bonchev–Trinajstić information content (AvgIpc) is 2.54. The van der Waals surface area contributed by atoms with Crippen LogP contribution in [0.4, 0.5) is 0 Å². The maximum absolute atomic E-state index is 11.7. The van der Waals surface area contributed by atoms with E-state index in [9.17, 15) is 9.90 Å². The van der Waals surface area contributed by atoms with Crippen molar-refractivity contribution < 1.29 is 19.4 Å². The highest BCUT2D eigenvalue weighted by Gasteiger charge is 2.25. The second-order valence-corrected chi connectivity index (χ2v) is 5.68. The van der Waals surface area contributed by atoms with E-state index in [1.807, 2.05) is 43.1 Å². The fourth-order valence-electron chi connectivity index (χ4n) is 2.78. The fraction of sp³-hybridized carbons (Fsp3) is 0.588. The van der Waals surface area contributed by atoms with Gasteiger partial charge in [0.2, 0.25) is 0 Å². The van der Waals surface area contributed by atoms with E-state index >= 15 is 0 Å². The predicted octanol–water partition coefficient (Wildman–Crippen LogP) is 1.47. The number of rotatable bonds is 8. The number of morpholine rings is 1. The lowest BCUT2D eigenvalue weighted by atomic mass is 10.1. The van der Waals surface area contributed by atoms with E-state index in [4.69, 9.17) is 9.47 Å². The predicted molar refractivity (Wildman–Crippen MR) is 87.9 cm³/mol. The summed E-state index contributed by atoms with van der Waals surface area (Å²) in [6, 6.07) is 6.67. The van der Waals surface area contributed by atoms with Crippen LogP contribution in [0.5, 0.6) is 5.75 Å². The van der Waals surface area contributed by atoms with Gasteiger partial charge in [-0.3, -0.25) is 14.6 Å². The van der Waals surface area contributed by atoms with Crippen molar-refractivity contribution in [2.75, 3.05) is 53.0 Å². The Morgan fingerprint density at radius 1 is 1.43 bits per heavy atom. The molecule has 1 fully saturated rings. The molecule has 6 nitrogen and oxygen atoms in total. The van der Waals surface area contributed by atoms with Crippen LogP contribution in [0, 0.1) is 0 Å². The summed E-state index contributed by atoms with van der Waals surface area (Å²) >= 11 is 0. The Hall–Kier alpha value is -1.63. The van der Waals surface area contributed by atoms with Crippen LogP contribution in [-0.2, 0) is 9.53 Å². The average molecular weight is 322 g/mol. The zero-order valence-corrected chi connectivity index (χ0v) is 13.9. The van der Waals surface area contributed by atoms with Crippen LogP contribution < -0.4 is 4.74 Å². The number of carboxylic acids is 1. The lowest BCUT2D eigenvalue weighted by Crippen LogP contribution is -2.42. The molecule has 1 atom stereocenters. The van der Waals surface area contributed by atoms with Gasteiger partial charge in [0.1, 0.15) is 11.8 Å². The van der Waals surface area contributed by atoms with Crippen LogP contribution in [0.1, 0.15) is 18.5 Å². The third kappa shape index (κ3) is 5.20. The number of nitrogens with zero attached hydrogens (tertiary/aromatic N) is 2. The summed E-state index contributed by atoms with van der Waals surface area (Å²) in [5, 5.41) is 9.64. The van der Waals surface area contributed by atoms with Crippen molar-refractivity contribution in [3.8, 4) is 5.75 Å². The maximum Gasteiger partial charge on any atom is 0.325 e. The Morgan fingerprint density at radius 2 is 2.17 bits per heavy atom. The van der Waals surface area contributed by atoms with Crippen molar-refractivity contribution in [3.63, 3.8) is 0 Å². The smallest absolute Gasteiger partial charge is 0.325 e. The Kier molecular flexibility index (Phi) is 6.83. The Labute approximate surface area is 137 Å². The van der Waals surface area contributed by atoms with Crippen molar-refractivity contribution in [3.05, 3.63) is 29.8 Å². The molecule has 128 valence electrons. The van der Waals surface area contributed by atoms with Gasteiger partial charge in [-0.15, -0.1) is 0 Å². The molecule has 23 heavy (non-hydrogen) atoms. The number of carbonyl (C=O) groups is 1. The number of carboxylic acid groups (broad SMARTS) is 1. The summed E-state index contributed by atoms with van der Waals surface area (Å²) < 4.78 is 10.8. The molecule has 0 aliphatic carbocycles. The number of hydrogen-bond acceptors (Lipinski definition) is 5. The topological polar surface area (TPSA) is 62.2 Å². The largest absolute Gasteiger partial charge is 0.494 e. The number of likely N-dealkylation sites (N-methyl/N-ethyl adjacent to an activating group) is 1. The molecule has 0 aromatic heterocycles. The molecule has 0 radical (unpaired) electrons. The minimum atomic E-state index is -0.844. The lowest BCUT2D eigenvalue weighted by Gasteiger charge is -2.31. The minimum absolute atomic E-state index is 0.564. The molecule has 1 aliphatic heterocycles. The molecule has 1 saturated heterocycles. The van der Waals surface area contributed by atoms with E-state index in [0.29, 0.717) is 18.9 Å². The highest BCUT2D eigenvalue weighted by molar-refractivity contribution is 5.75. The van der Waals surface area contributed by atoms with Gasteiger partial charge in [0.05, 0.1) is 19.8 Å². The summed E-state index contributed by atoms with van der Waals surface area (Å²) in [4.78, 5) is 15.9. The van der Waals surface area contributed by atoms with Crippen molar-refractivity contribution in [1.29, 1.82) is 0 Å². The molecule has 0 spiro atoms. The van der Waals surface area contributed by atoms with Crippen LogP contribution in [0.3, 0.4) is 0 Å². The summed E-state index contributed by atoms with van der Waals surface area (Å²) in [7, 11) is 1.85. The Bertz CT molecular complexity index is 503. The molecule has 6 heteroatoms. The van der Waals surface area contributed by atoms with Crippen molar-refractivity contribution in [1.82, 2.24) is 9.80 Å². The third-order valence-corrected chi connectivity index (χ3v) is 4.03. The Balaban J connectivity index is 2.01. The Morgan fingerprint density at radius 3 is 2.83 bits per heavy atom. The van der Waals surface area contributed by atoms with Gasteiger partial charge in [-0.05, 0) is 31.7 Å². The molecule has 1 N–H and O–H groups in total. The molecule has 1 heterocycles. The van der Waals surface area contributed by atoms with Crippen LogP contribution in [0.2, 0.25) is 0 Å². The zero-order chi connectivity index (χ0) is 16.7. The number of ether oxygens (including phenoxy) is 2. The molecule has 0 bridgehead atoms. The molecule has 0 saturated carbocycles. The molecule has 1 aromatic rings. The van der Waals surface area contributed by atoms with Gasteiger partial charge in [0.15, 0.2) is 0 Å². The second kappa shape index (κ2) is 8.86. The van der Waals surface area contributed by atoms with Crippen LogP contribution in [0.15, 0.2) is 24.3 Å².